The van der Waals surface area contributed by atoms with E-state index in [1.54, 1.807) is 0 Å². The Morgan fingerprint density at radius 3 is 2.50 bits per heavy atom. The van der Waals surface area contributed by atoms with Gasteiger partial charge in [0.2, 0.25) is 0 Å². The van der Waals surface area contributed by atoms with Crippen molar-refractivity contribution in [3.05, 3.63) is 0 Å². The van der Waals surface area contributed by atoms with Crippen LogP contribution in [0.15, 0.2) is 0 Å². The lowest BCUT2D eigenvalue weighted by Gasteiger charge is -2.17. The van der Waals surface area contributed by atoms with E-state index in [0.717, 1.165) is 19.4 Å². The summed E-state index contributed by atoms with van der Waals surface area (Å²) in [7, 11) is 0. The van der Waals surface area contributed by atoms with Crippen LogP contribution in [0.2, 0.25) is 0 Å². The Bertz CT molecular complexity index is 79.7. The van der Waals surface area contributed by atoms with E-state index in [4.69, 9.17) is 10.5 Å². The number of rotatable bonds is 0. The van der Waals surface area contributed by atoms with Crippen LogP contribution in [0.3, 0.4) is 0 Å². The fraction of sp³-hybridized carbons (Fsp3) is 0.857. The van der Waals surface area contributed by atoms with E-state index >= 15 is 0 Å². The maximum absolute atomic E-state index is 8.81. The van der Waals surface area contributed by atoms with Gasteiger partial charge >= 0.3 is 0 Å². The molecule has 3 nitrogen and oxygen atoms in total. The van der Waals surface area contributed by atoms with Gasteiger partial charge in [-0.1, -0.05) is 0 Å². The first-order valence-corrected chi connectivity index (χ1v) is 3.67. The van der Waals surface area contributed by atoms with Gasteiger partial charge in [-0.2, -0.15) is 0 Å². The minimum absolute atomic E-state index is 0.425. The topological polar surface area (TPSA) is 55.1 Å². The molecule has 0 aromatic rings. The van der Waals surface area contributed by atoms with Gasteiger partial charge in [0.05, 0.1) is 0 Å². The van der Waals surface area contributed by atoms with E-state index in [1.165, 1.54) is 19.8 Å². The van der Waals surface area contributed by atoms with Crippen LogP contribution in [0.5, 0.6) is 0 Å². The minimum Gasteiger partial charge on any atom is -0.327 e. The first kappa shape index (κ1) is 9.59. The molecule has 1 heterocycles. The molecule has 0 saturated carbocycles. The van der Waals surface area contributed by atoms with E-state index in [2.05, 4.69) is 5.32 Å². The van der Waals surface area contributed by atoms with Crippen LogP contribution in [-0.2, 0) is 4.79 Å². The van der Waals surface area contributed by atoms with Crippen molar-refractivity contribution in [2.45, 2.75) is 25.8 Å². The molecule has 0 aromatic carbocycles. The molecule has 1 rings (SSSR count). The van der Waals surface area contributed by atoms with Crippen LogP contribution >= 0.6 is 0 Å². The van der Waals surface area contributed by atoms with Crippen LogP contribution < -0.4 is 11.1 Å². The Balaban J connectivity index is 0.000000236. The van der Waals surface area contributed by atoms with E-state index in [-0.39, 0.29) is 0 Å². The maximum atomic E-state index is 8.81. The number of carbonyl (C=O) groups is 1. The summed E-state index contributed by atoms with van der Waals surface area (Å²) in [6.45, 7) is 3.62. The Labute approximate surface area is 62.0 Å². The lowest BCUT2D eigenvalue weighted by Crippen LogP contribution is -2.39. The van der Waals surface area contributed by atoms with Gasteiger partial charge in [0.15, 0.2) is 0 Å². The zero-order valence-electron chi connectivity index (χ0n) is 6.47. The second-order valence-electron chi connectivity index (χ2n) is 2.34. The van der Waals surface area contributed by atoms with Gasteiger partial charge in [0, 0.05) is 12.6 Å². The van der Waals surface area contributed by atoms with Gasteiger partial charge < -0.3 is 15.8 Å². The Hall–Kier alpha value is -0.410. The molecule has 0 spiro atoms. The highest BCUT2D eigenvalue weighted by Crippen LogP contribution is 1.96. The maximum Gasteiger partial charge on any atom is 0.116 e. The number of hydrogen-bond donors (Lipinski definition) is 2. The fourth-order valence-electron chi connectivity index (χ4n) is 0.879. The highest BCUT2D eigenvalue weighted by molar-refractivity contribution is 5.44. The van der Waals surface area contributed by atoms with E-state index in [9.17, 15) is 0 Å². The van der Waals surface area contributed by atoms with Gasteiger partial charge in [0.25, 0.3) is 0 Å². The second-order valence-corrected chi connectivity index (χ2v) is 2.34. The third kappa shape index (κ3) is 5.72. The monoisotopic (exact) mass is 144 g/mol. The third-order valence-electron chi connectivity index (χ3n) is 1.33. The van der Waals surface area contributed by atoms with Gasteiger partial charge in [0.1, 0.15) is 6.29 Å². The summed E-state index contributed by atoms with van der Waals surface area (Å²) in [5, 5.41) is 3.21. The molecule has 1 unspecified atom stereocenters. The highest BCUT2D eigenvalue weighted by Gasteiger charge is 2.05. The summed E-state index contributed by atoms with van der Waals surface area (Å²) in [6, 6.07) is 0.425. The zero-order chi connectivity index (χ0) is 7.82. The van der Waals surface area contributed by atoms with Crippen LogP contribution in [0.25, 0.3) is 0 Å². The molecular formula is C7H16N2O. The molecule has 1 atom stereocenters. The number of nitrogens with one attached hydrogen (secondary N) is 1. The first-order valence-electron chi connectivity index (χ1n) is 3.67. The summed E-state index contributed by atoms with van der Waals surface area (Å²) in [5.41, 5.74) is 5.57. The fourth-order valence-corrected chi connectivity index (χ4v) is 0.879. The summed E-state index contributed by atoms with van der Waals surface area (Å²) >= 11 is 0. The SMILES string of the molecule is CC=O.NC1CCCNC1. The van der Waals surface area contributed by atoms with Crippen molar-refractivity contribution in [2.24, 2.45) is 5.73 Å². The van der Waals surface area contributed by atoms with Crippen molar-refractivity contribution in [3.63, 3.8) is 0 Å². The lowest BCUT2D eigenvalue weighted by atomic mass is 10.1. The molecule has 10 heavy (non-hydrogen) atoms. The predicted molar refractivity (Wildman–Crippen MR) is 41.8 cm³/mol. The van der Waals surface area contributed by atoms with Crippen molar-refractivity contribution in [3.8, 4) is 0 Å². The van der Waals surface area contributed by atoms with Crippen molar-refractivity contribution in [1.82, 2.24) is 5.32 Å². The quantitative estimate of drug-likeness (QED) is 0.467. The Kier molecular flexibility index (Phi) is 6.43. The molecule has 1 aliphatic heterocycles. The van der Waals surface area contributed by atoms with Crippen LogP contribution in [-0.4, -0.2) is 25.4 Å². The van der Waals surface area contributed by atoms with Gasteiger partial charge in [-0.3, -0.25) is 0 Å². The smallest absolute Gasteiger partial charge is 0.116 e. The third-order valence-corrected chi connectivity index (χ3v) is 1.33. The molecule has 0 radical (unpaired) electrons. The summed E-state index contributed by atoms with van der Waals surface area (Å²) in [6.07, 6.45) is 3.20. The molecule has 1 fully saturated rings. The normalized spacial score (nSPS) is 24.4. The van der Waals surface area contributed by atoms with Crippen molar-refractivity contribution in [2.75, 3.05) is 13.1 Å². The van der Waals surface area contributed by atoms with Crippen molar-refractivity contribution in [1.29, 1.82) is 0 Å². The molecule has 60 valence electrons. The number of piperidine rings is 1. The van der Waals surface area contributed by atoms with Crippen molar-refractivity contribution >= 4 is 6.29 Å². The van der Waals surface area contributed by atoms with Gasteiger partial charge in [-0.25, -0.2) is 0 Å². The second kappa shape index (κ2) is 6.71. The first-order chi connectivity index (χ1) is 4.81. The molecule has 1 aliphatic rings. The number of carbonyl (C=O) groups excluding carboxylic acids is 1. The summed E-state index contributed by atoms with van der Waals surface area (Å²) < 4.78 is 0. The average Bonchev–Trinajstić information content (AvgIpc) is 1.91. The average molecular weight is 144 g/mol. The van der Waals surface area contributed by atoms with Gasteiger partial charge in [-0.15, -0.1) is 0 Å². The molecular weight excluding hydrogens is 128 g/mol. The van der Waals surface area contributed by atoms with E-state index in [0.29, 0.717) is 6.04 Å². The molecule has 3 N–H and O–H groups in total. The summed E-state index contributed by atoms with van der Waals surface area (Å²) in [4.78, 5) is 8.81. The Morgan fingerprint density at radius 2 is 2.30 bits per heavy atom. The van der Waals surface area contributed by atoms with Crippen LogP contribution in [0.1, 0.15) is 19.8 Å². The molecule has 0 aromatic heterocycles. The predicted octanol–water partition coefficient (Wildman–Crippen LogP) is -0.0977. The van der Waals surface area contributed by atoms with Crippen LogP contribution in [0.4, 0.5) is 0 Å². The lowest BCUT2D eigenvalue weighted by molar-refractivity contribution is -0.106. The van der Waals surface area contributed by atoms with Crippen LogP contribution in [0, 0.1) is 0 Å². The summed E-state index contributed by atoms with van der Waals surface area (Å²) in [5.74, 6) is 0. The Morgan fingerprint density at radius 1 is 1.70 bits per heavy atom. The standard InChI is InChI=1S/C5H12N2.C2H4O/c6-5-2-1-3-7-4-5;1-2-3/h5,7H,1-4,6H2;2H,1H3. The number of aldehydes is 1. The largest absolute Gasteiger partial charge is 0.327 e. The molecule has 0 bridgehead atoms. The molecule has 0 amide bonds. The van der Waals surface area contributed by atoms with Gasteiger partial charge in [-0.05, 0) is 26.3 Å². The minimum atomic E-state index is 0.425. The molecule has 0 aliphatic carbocycles. The van der Waals surface area contributed by atoms with Crippen molar-refractivity contribution < 1.29 is 4.79 Å². The highest BCUT2D eigenvalue weighted by atomic mass is 16.1. The zero-order valence-corrected chi connectivity index (χ0v) is 6.47. The van der Waals surface area contributed by atoms with E-state index < -0.39 is 0 Å². The van der Waals surface area contributed by atoms with E-state index in [1.807, 2.05) is 0 Å². The molecule has 1 saturated heterocycles. The number of hydrogen-bond acceptors (Lipinski definition) is 3. The number of nitrogens with two attached hydrogens (primary N) is 1. The molecule has 3 heteroatoms.